The fourth-order valence-corrected chi connectivity index (χ4v) is 2.69. The average Bonchev–Trinajstić information content (AvgIpc) is 2.07. The molecule has 3 nitrogen and oxygen atoms in total. The first-order valence-corrected chi connectivity index (χ1v) is 5.27. The van der Waals surface area contributed by atoms with E-state index >= 15 is 0 Å². The van der Waals surface area contributed by atoms with E-state index in [0.29, 0.717) is 18.8 Å². The first kappa shape index (κ1) is 11.5. The van der Waals surface area contributed by atoms with Crippen molar-refractivity contribution in [1.82, 2.24) is 0 Å². The van der Waals surface area contributed by atoms with Crippen LogP contribution in [0.1, 0.15) is 46.5 Å². The number of carbonyl (C=O) groups is 1. The summed E-state index contributed by atoms with van der Waals surface area (Å²) in [7, 11) is 0. The number of hydrogen-bond donors (Lipinski definition) is 2. The van der Waals surface area contributed by atoms with Gasteiger partial charge in [-0.3, -0.25) is 4.79 Å². The summed E-state index contributed by atoms with van der Waals surface area (Å²) < 4.78 is 0. The van der Waals surface area contributed by atoms with Crippen LogP contribution in [0.15, 0.2) is 0 Å². The molecule has 0 aromatic heterocycles. The molecule has 0 aromatic carbocycles. The highest BCUT2D eigenvalue weighted by Crippen LogP contribution is 2.41. The Balaban J connectivity index is 2.87. The van der Waals surface area contributed by atoms with Crippen molar-refractivity contribution in [2.24, 2.45) is 17.1 Å². The van der Waals surface area contributed by atoms with Gasteiger partial charge >= 0.3 is 0 Å². The number of primary amides is 1. The summed E-state index contributed by atoms with van der Waals surface area (Å²) in [5.41, 5.74) is 3.96. The first-order valence-electron chi connectivity index (χ1n) is 5.27. The lowest BCUT2D eigenvalue weighted by Crippen LogP contribution is -2.45. The molecule has 1 aliphatic rings. The van der Waals surface area contributed by atoms with Gasteiger partial charge in [-0.05, 0) is 37.0 Å². The van der Waals surface area contributed by atoms with Gasteiger partial charge in [0.15, 0.2) is 0 Å². The first-order chi connectivity index (χ1) is 6.25. The Morgan fingerprint density at radius 1 is 1.50 bits per heavy atom. The van der Waals surface area contributed by atoms with E-state index < -0.39 is 11.5 Å². The topological polar surface area (TPSA) is 63.3 Å². The highest BCUT2D eigenvalue weighted by atomic mass is 16.3. The predicted octanol–water partition coefficient (Wildman–Crippen LogP) is 1.44. The summed E-state index contributed by atoms with van der Waals surface area (Å²) in [5.74, 6) is -0.0157. The maximum Gasteiger partial charge on any atom is 0.249 e. The monoisotopic (exact) mass is 199 g/mol. The molecular weight excluding hydrogens is 178 g/mol. The molecule has 82 valence electrons. The summed E-state index contributed by atoms with van der Waals surface area (Å²) in [4.78, 5) is 11.2. The third-order valence-corrected chi connectivity index (χ3v) is 3.18. The minimum Gasteiger partial charge on any atom is -0.380 e. The molecule has 0 saturated heterocycles. The van der Waals surface area contributed by atoms with Crippen molar-refractivity contribution >= 4 is 5.91 Å². The van der Waals surface area contributed by atoms with E-state index in [4.69, 9.17) is 5.73 Å². The van der Waals surface area contributed by atoms with Crippen LogP contribution in [-0.2, 0) is 4.79 Å². The van der Waals surface area contributed by atoms with Crippen molar-refractivity contribution in [3.63, 3.8) is 0 Å². The van der Waals surface area contributed by atoms with Crippen LogP contribution in [0.25, 0.3) is 0 Å². The summed E-state index contributed by atoms with van der Waals surface area (Å²) in [6.07, 6.45) is 2.91. The molecule has 2 unspecified atom stereocenters. The molecule has 1 aliphatic carbocycles. The third kappa shape index (κ3) is 2.47. The van der Waals surface area contributed by atoms with Gasteiger partial charge in [0.2, 0.25) is 5.91 Å². The van der Waals surface area contributed by atoms with Crippen LogP contribution in [0, 0.1) is 11.3 Å². The maximum absolute atomic E-state index is 11.2. The second-order valence-corrected chi connectivity index (χ2v) is 5.58. The molecule has 3 N–H and O–H groups in total. The van der Waals surface area contributed by atoms with E-state index in [0.717, 1.165) is 12.8 Å². The zero-order chi connectivity index (χ0) is 11.0. The van der Waals surface area contributed by atoms with Gasteiger partial charge in [0.1, 0.15) is 5.60 Å². The Kier molecular flexibility index (Phi) is 2.91. The summed E-state index contributed by atoms with van der Waals surface area (Å²) in [6, 6.07) is 0. The molecule has 2 atom stereocenters. The van der Waals surface area contributed by atoms with Gasteiger partial charge in [-0.25, -0.2) is 0 Å². The number of aliphatic hydroxyl groups is 1. The second-order valence-electron chi connectivity index (χ2n) is 5.58. The van der Waals surface area contributed by atoms with Crippen molar-refractivity contribution in [3.8, 4) is 0 Å². The molecule has 0 radical (unpaired) electrons. The number of rotatable bonds is 1. The van der Waals surface area contributed by atoms with Crippen molar-refractivity contribution in [2.75, 3.05) is 0 Å². The molecule has 0 aliphatic heterocycles. The summed E-state index contributed by atoms with van der Waals surface area (Å²) >= 11 is 0. The van der Waals surface area contributed by atoms with Gasteiger partial charge in [-0.2, -0.15) is 0 Å². The maximum atomic E-state index is 11.2. The van der Waals surface area contributed by atoms with Crippen LogP contribution >= 0.6 is 0 Å². The van der Waals surface area contributed by atoms with E-state index in [9.17, 15) is 9.90 Å². The Labute approximate surface area is 85.7 Å². The van der Waals surface area contributed by atoms with Gasteiger partial charge in [0, 0.05) is 0 Å². The molecule has 0 aromatic rings. The van der Waals surface area contributed by atoms with Crippen LogP contribution in [-0.4, -0.2) is 16.6 Å². The Morgan fingerprint density at radius 3 is 2.57 bits per heavy atom. The number of nitrogens with two attached hydrogens (primary N) is 1. The van der Waals surface area contributed by atoms with Gasteiger partial charge < -0.3 is 10.8 Å². The van der Waals surface area contributed by atoms with Crippen LogP contribution in [0.4, 0.5) is 0 Å². The van der Waals surface area contributed by atoms with Gasteiger partial charge in [-0.1, -0.05) is 20.8 Å². The highest BCUT2D eigenvalue weighted by Gasteiger charge is 2.42. The molecule has 1 amide bonds. The molecule has 3 heteroatoms. The molecule has 14 heavy (non-hydrogen) atoms. The highest BCUT2D eigenvalue weighted by molar-refractivity contribution is 5.83. The second kappa shape index (κ2) is 3.54. The van der Waals surface area contributed by atoms with Crippen molar-refractivity contribution in [3.05, 3.63) is 0 Å². The van der Waals surface area contributed by atoms with E-state index in [1.807, 2.05) is 0 Å². The smallest absolute Gasteiger partial charge is 0.249 e. The third-order valence-electron chi connectivity index (χ3n) is 3.18. The van der Waals surface area contributed by atoms with Gasteiger partial charge in [-0.15, -0.1) is 0 Å². The normalized spacial score (nSPS) is 37.6. The lowest BCUT2D eigenvalue weighted by molar-refractivity contribution is -0.139. The zero-order valence-electron chi connectivity index (χ0n) is 9.34. The van der Waals surface area contributed by atoms with Crippen LogP contribution in [0.3, 0.4) is 0 Å². The van der Waals surface area contributed by atoms with Crippen molar-refractivity contribution in [1.29, 1.82) is 0 Å². The van der Waals surface area contributed by atoms with Gasteiger partial charge in [0.25, 0.3) is 0 Å². The number of carbonyl (C=O) groups excluding carboxylic acids is 1. The Hall–Kier alpha value is -0.570. The minimum absolute atomic E-state index is 0.000301. The number of hydrogen-bond acceptors (Lipinski definition) is 2. The van der Waals surface area contributed by atoms with Crippen LogP contribution in [0.2, 0.25) is 0 Å². The molecule has 1 saturated carbocycles. The van der Waals surface area contributed by atoms with Crippen LogP contribution in [0.5, 0.6) is 0 Å². The van der Waals surface area contributed by atoms with E-state index in [1.54, 1.807) is 0 Å². The lowest BCUT2D eigenvalue weighted by atomic mass is 9.77. The molecule has 1 rings (SSSR count). The molecular formula is C11H21NO2. The molecule has 1 fully saturated rings. The Morgan fingerprint density at radius 2 is 2.07 bits per heavy atom. The number of amides is 1. The average molecular weight is 199 g/mol. The molecule has 0 spiro atoms. The lowest BCUT2D eigenvalue weighted by Gasteiger charge is -2.31. The zero-order valence-corrected chi connectivity index (χ0v) is 9.34. The standard InChI is InChI=1S/C11H21NO2/c1-8-4-5-11(14,9(12)13)7-10(2,3)6-8/h8,14H,4-7H2,1-3H3,(H2,12,13). The minimum atomic E-state index is -1.28. The SMILES string of the molecule is CC1CCC(O)(C(N)=O)CC(C)(C)C1. The van der Waals surface area contributed by atoms with E-state index in [2.05, 4.69) is 20.8 Å². The van der Waals surface area contributed by atoms with Crippen molar-refractivity contribution < 1.29 is 9.90 Å². The van der Waals surface area contributed by atoms with E-state index in [-0.39, 0.29) is 5.41 Å². The summed E-state index contributed by atoms with van der Waals surface area (Å²) in [6.45, 7) is 6.33. The van der Waals surface area contributed by atoms with Crippen LogP contribution < -0.4 is 5.73 Å². The largest absolute Gasteiger partial charge is 0.380 e. The quantitative estimate of drug-likeness (QED) is 0.628. The fraction of sp³-hybridized carbons (Fsp3) is 0.909. The summed E-state index contributed by atoms with van der Waals surface area (Å²) in [5, 5.41) is 10.1. The van der Waals surface area contributed by atoms with E-state index in [1.165, 1.54) is 0 Å². The van der Waals surface area contributed by atoms with Crippen molar-refractivity contribution in [2.45, 2.75) is 52.1 Å². The molecule has 0 bridgehead atoms. The van der Waals surface area contributed by atoms with Gasteiger partial charge in [0.05, 0.1) is 0 Å². The molecule has 0 heterocycles. The predicted molar refractivity (Wildman–Crippen MR) is 55.6 cm³/mol. The fourth-order valence-electron chi connectivity index (χ4n) is 2.69. The Bertz CT molecular complexity index is 237.